The summed E-state index contributed by atoms with van der Waals surface area (Å²) in [6, 6.07) is 6.26. The Morgan fingerprint density at radius 2 is 2.33 bits per heavy atom. The average molecular weight is 206 g/mol. The Kier molecular flexibility index (Phi) is 3.27. The van der Waals surface area contributed by atoms with Gasteiger partial charge in [-0.25, -0.2) is 0 Å². The van der Waals surface area contributed by atoms with Gasteiger partial charge >= 0.3 is 0 Å². The maximum absolute atomic E-state index is 9.07. The molecule has 0 amide bonds. The van der Waals surface area contributed by atoms with Crippen LogP contribution < -0.4 is 4.74 Å². The second-order valence-electron chi connectivity index (χ2n) is 4.13. The molecule has 1 N–H and O–H groups in total. The van der Waals surface area contributed by atoms with Crippen LogP contribution in [0.1, 0.15) is 36.3 Å². The third-order valence-corrected chi connectivity index (χ3v) is 3.26. The summed E-state index contributed by atoms with van der Waals surface area (Å²) in [7, 11) is 1.72. The first kappa shape index (κ1) is 10.5. The van der Waals surface area contributed by atoms with Gasteiger partial charge in [-0.2, -0.15) is 0 Å². The second-order valence-corrected chi connectivity index (χ2v) is 4.13. The number of ether oxygens (including phenoxy) is 1. The lowest BCUT2D eigenvalue weighted by Gasteiger charge is -2.26. The normalized spacial score (nSPS) is 19.7. The van der Waals surface area contributed by atoms with Gasteiger partial charge in [0, 0.05) is 12.2 Å². The number of benzene rings is 1. The minimum absolute atomic E-state index is 0.266. The Morgan fingerprint density at radius 3 is 3.07 bits per heavy atom. The quantitative estimate of drug-likeness (QED) is 0.823. The Balaban J connectivity index is 2.38. The zero-order valence-corrected chi connectivity index (χ0v) is 9.20. The molecule has 2 heteroatoms. The molecular weight excluding hydrogens is 188 g/mol. The SMILES string of the molecule is COc1cccc2c1C(CCO)CCC2. The Morgan fingerprint density at radius 1 is 1.47 bits per heavy atom. The van der Waals surface area contributed by atoms with Gasteiger partial charge in [-0.05, 0) is 43.2 Å². The predicted molar refractivity (Wildman–Crippen MR) is 60.4 cm³/mol. The number of rotatable bonds is 3. The van der Waals surface area contributed by atoms with Crippen LogP contribution in [0.15, 0.2) is 18.2 Å². The first-order valence-corrected chi connectivity index (χ1v) is 5.63. The van der Waals surface area contributed by atoms with Crippen molar-refractivity contribution in [1.82, 2.24) is 0 Å². The zero-order chi connectivity index (χ0) is 10.7. The number of aliphatic hydroxyl groups is 1. The Hall–Kier alpha value is -1.02. The number of hydrogen-bond acceptors (Lipinski definition) is 2. The summed E-state index contributed by atoms with van der Waals surface area (Å²) in [6.45, 7) is 0.266. The van der Waals surface area contributed by atoms with Crippen molar-refractivity contribution in [1.29, 1.82) is 0 Å². The van der Waals surface area contributed by atoms with E-state index in [2.05, 4.69) is 12.1 Å². The molecular formula is C13H18O2. The molecule has 1 atom stereocenters. The van der Waals surface area contributed by atoms with Gasteiger partial charge in [0.25, 0.3) is 0 Å². The molecule has 1 aliphatic carbocycles. The molecule has 1 aromatic rings. The molecule has 1 aliphatic rings. The van der Waals surface area contributed by atoms with Crippen molar-refractivity contribution >= 4 is 0 Å². The van der Waals surface area contributed by atoms with E-state index in [9.17, 15) is 0 Å². The lowest BCUT2D eigenvalue weighted by atomic mass is 9.80. The summed E-state index contributed by atoms with van der Waals surface area (Å²) in [6.07, 6.45) is 4.40. The summed E-state index contributed by atoms with van der Waals surface area (Å²) in [4.78, 5) is 0. The largest absolute Gasteiger partial charge is 0.496 e. The molecule has 0 radical (unpaired) electrons. The molecule has 0 spiro atoms. The van der Waals surface area contributed by atoms with Crippen LogP contribution in [-0.2, 0) is 6.42 Å². The first-order valence-electron chi connectivity index (χ1n) is 5.63. The number of aryl methyl sites for hydroxylation is 1. The van der Waals surface area contributed by atoms with Gasteiger partial charge in [0.1, 0.15) is 5.75 Å². The first-order chi connectivity index (χ1) is 7.36. The number of methoxy groups -OCH3 is 1. The highest BCUT2D eigenvalue weighted by atomic mass is 16.5. The third-order valence-electron chi connectivity index (χ3n) is 3.26. The molecule has 0 saturated carbocycles. The van der Waals surface area contributed by atoms with Gasteiger partial charge in [-0.15, -0.1) is 0 Å². The smallest absolute Gasteiger partial charge is 0.122 e. The van der Waals surface area contributed by atoms with Crippen LogP contribution >= 0.6 is 0 Å². The minimum atomic E-state index is 0.266. The van der Waals surface area contributed by atoms with Crippen molar-refractivity contribution in [3.05, 3.63) is 29.3 Å². The Bertz CT molecular complexity index is 319. The summed E-state index contributed by atoms with van der Waals surface area (Å²) in [5.41, 5.74) is 2.74. The standard InChI is InChI=1S/C13H18O2/c1-15-12-7-3-6-10-4-2-5-11(8-9-14)13(10)12/h3,6-7,11,14H,2,4-5,8-9H2,1H3. The molecule has 15 heavy (non-hydrogen) atoms. The van der Waals surface area contributed by atoms with Gasteiger partial charge in [0.15, 0.2) is 0 Å². The van der Waals surface area contributed by atoms with Crippen molar-refractivity contribution in [2.24, 2.45) is 0 Å². The number of hydrogen-bond donors (Lipinski definition) is 1. The van der Waals surface area contributed by atoms with Crippen LogP contribution in [-0.4, -0.2) is 18.8 Å². The third kappa shape index (κ3) is 2.00. The molecule has 0 aliphatic heterocycles. The molecule has 0 saturated heterocycles. The topological polar surface area (TPSA) is 29.5 Å². The molecule has 2 rings (SSSR count). The molecule has 0 bridgehead atoms. The van der Waals surface area contributed by atoms with E-state index in [0.717, 1.165) is 18.6 Å². The van der Waals surface area contributed by atoms with Crippen LogP contribution in [0, 0.1) is 0 Å². The van der Waals surface area contributed by atoms with E-state index in [0.29, 0.717) is 5.92 Å². The lowest BCUT2D eigenvalue weighted by Crippen LogP contribution is -2.12. The van der Waals surface area contributed by atoms with Gasteiger partial charge in [-0.1, -0.05) is 12.1 Å². The highest BCUT2D eigenvalue weighted by molar-refractivity contribution is 5.44. The van der Waals surface area contributed by atoms with Gasteiger partial charge in [0.2, 0.25) is 0 Å². The zero-order valence-electron chi connectivity index (χ0n) is 9.20. The number of fused-ring (bicyclic) bond motifs is 1. The molecule has 1 unspecified atom stereocenters. The summed E-state index contributed by atoms with van der Waals surface area (Å²) in [5, 5.41) is 9.07. The molecule has 82 valence electrons. The minimum Gasteiger partial charge on any atom is -0.496 e. The van der Waals surface area contributed by atoms with E-state index < -0.39 is 0 Å². The maximum Gasteiger partial charge on any atom is 0.122 e. The summed E-state index contributed by atoms with van der Waals surface area (Å²) < 4.78 is 5.41. The van der Waals surface area contributed by atoms with Crippen molar-refractivity contribution in [3.63, 3.8) is 0 Å². The van der Waals surface area contributed by atoms with Crippen molar-refractivity contribution in [2.75, 3.05) is 13.7 Å². The van der Waals surface area contributed by atoms with E-state index in [1.54, 1.807) is 7.11 Å². The fourth-order valence-electron chi connectivity index (χ4n) is 2.58. The van der Waals surface area contributed by atoms with E-state index in [4.69, 9.17) is 9.84 Å². The van der Waals surface area contributed by atoms with Gasteiger partial charge in [0.05, 0.1) is 7.11 Å². The van der Waals surface area contributed by atoms with E-state index in [-0.39, 0.29) is 6.61 Å². The lowest BCUT2D eigenvalue weighted by molar-refractivity contribution is 0.267. The number of aliphatic hydroxyl groups excluding tert-OH is 1. The second kappa shape index (κ2) is 4.67. The van der Waals surface area contributed by atoms with Crippen LogP contribution in [0.5, 0.6) is 5.75 Å². The van der Waals surface area contributed by atoms with Crippen LogP contribution in [0.3, 0.4) is 0 Å². The fourth-order valence-corrected chi connectivity index (χ4v) is 2.58. The van der Waals surface area contributed by atoms with E-state index >= 15 is 0 Å². The van der Waals surface area contributed by atoms with Crippen molar-refractivity contribution < 1.29 is 9.84 Å². The highest BCUT2D eigenvalue weighted by Crippen LogP contribution is 2.39. The van der Waals surface area contributed by atoms with Crippen molar-refractivity contribution in [2.45, 2.75) is 31.6 Å². The van der Waals surface area contributed by atoms with E-state index in [1.165, 1.54) is 24.0 Å². The fraction of sp³-hybridized carbons (Fsp3) is 0.538. The monoisotopic (exact) mass is 206 g/mol. The van der Waals surface area contributed by atoms with E-state index in [1.807, 2.05) is 6.07 Å². The molecule has 0 heterocycles. The van der Waals surface area contributed by atoms with Crippen molar-refractivity contribution in [3.8, 4) is 5.75 Å². The summed E-state index contributed by atoms with van der Waals surface area (Å²) >= 11 is 0. The molecule has 2 nitrogen and oxygen atoms in total. The van der Waals surface area contributed by atoms with Gasteiger partial charge in [-0.3, -0.25) is 0 Å². The molecule has 0 aromatic heterocycles. The Labute approximate surface area is 90.9 Å². The highest BCUT2D eigenvalue weighted by Gasteiger charge is 2.22. The van der Waals surface area contributed by atoms with Crippen LogP contribution in [0.4, 0.5) is 0 Å². The molecule has 1 aromatic carbocycles. The summed E-state index contributed by atoms with van der Waals surface area (Å²) in [5.74, 6) is 1.47. The predicted octanol–water partition coefficient (Wildman–Crippen LogP) is 2.50. The average Bonchev–Trinajstić information content (AvgIpc) is 2.29. The van der Waals surface area contributed by atoms with Crippen LogP contribution in [0.25, 0.3) is 0 Å². The maximum atomic E-state index is 9.07. The molecule has 0 fully saturated rings. The van der Waals surface area contributed by atoms with Crippen LogP contribution in [0.2, 0.25) is 0 Å². The van der Waals surface area contributed by atoms with Gasteiger partial charge < -0.3 is 9.84 Å².